The fourth-order valence-corrected chi connectivity index (χ4v) is 3.43. The summed E-state index contributed by atoms with van der Waals surface area (Å²) in [5.74, 6) is 0.871. The number of hydrogen-bond donors (Lipinski definition) is 2. The van der Waals surface area contributed by atoms with Gasteiger partial charge in [-0.2, -0.15) is 22.5 Å². The van der Waals surface area contributed by atoms with E-state index in [4.69, 9.17) is 14.9 Å². The summed E-state index contributed by atoms with van der Waals surface area (Å²) in [5.41, 5.74) is 1.78. The van der Waals surface area contributed by atoms with E-state index in [0.29, 0.717) is 29.2 Å². The van der Waals surface area contributed by atoms with E-state index in [1.807, 2.05) is 6.92 Å². The SMILES string of the molecule is COc1cccc(-n2nnn(C)c2=O)c1COC1=C(C)CC(C(=N)C=C[NH2+]CC(F)(F)F)C=C1. The van der Waals surface area contributed by atoms with Crippen molar-refractivity contribution in [1.29, 1.82) is 5.41 Å². The molecule has 2 aromatic rings. The average Bonchev–Trinajstić information content (AvgIpc) is 3.12. The van der Waals surface area contributed by atoms with Crippen molar-refractivity contribution in [1.82, 2.24) is 19.8 Å². The molecule has 9 nitrogen and oxygen atoms in total. The molecular formula is C22H26F3N6O3+. The molecular weight excluding hydrogens is 453 g/mol. The Morgan fingerprint density at radius 3 is 2.74 bits per heavy atom. The number of methoxy groups -OCH3 is 1. The number of nitrogens with two attached hydrogens (primary N) is 1. The second-order valence-electron chi connectivity index (χ2n) is 7.73. The van der Waals surface area contributed by atoms with Gasteiger partial charge in [0.2, 0.25) is 0 Å². The molecule has 0 bridgehead atoms. The largest absolute Gasteiger partial charge is 0.496 e. The average molecular weight is 479 g/mol. The van der Waals surface area contributed by atoms with Gasteiger partial charge in [0, 0.05) is 24.8 Å². The van der Waals surface area contributed by atoms with Crippen LogP contribution in [0, 0.1) is 11.3 Å². The van der Waals surface area contributed by atoms with E-state index in [2.05, 4.69) is 10.4 Å². The van der Waals surface area contributed by atoms with Gasteiger partial charge < -0.3 is 20.2 Å². The Labute approximate surface area is 193 Å². The molecule has 1 heterocycles. The third-order valence-electron chi connectivity index (χ3n) is 5.24. The van der Waals surface area contributed by atoms with Gasteiger partial charge in [-0.15, -0.1) is 0 Å². The monoisotopic (exact) mass is 479 g/mol. The highest BCUT2D eigenvalue weighted by Crippen LogP contribution is 2.29. The molecule has 0 fully saturated rings. The fraction of sp³-hybridized carbons (Fsp3) is 0.364. The Morgan fingerprint density at radius 2 is 2.12 bits per heavy atom. The van der Waals surface area contributed by atoms with Crippen LogP contribution in [0.3, 0.4) is 0 Å². The van der Waals surface area contributed by atoms with Gasteiger partial charge in [0.1, 0.15) is 18.1 Å². The maximum atomic E-state index is 12.3. The Morgan fingerprint density at radius 1 is 1.35 bits per heavy atom. The van der Waals surface area contributed by atoms with Crippen molar-refractivity contribution in [3.8, 4) is 11.4 Å². The van der Waals surface area contributed by atoms with Crippen LogP contribution in [0.2, 0.25) is 0 Å². The smallest absolute Gasteiger partial charge is 0.438 e. The summed E-state index contributed by atoms with van der Waals surface area (Å²) < 4.78 is 50.4. The molecule has 0 saturated heterocycles. The predicted octanol–water partition coefficient (Wildman–Crippen LogP) is 2.00. The first-order valence-corrected chi connectivity index (χ1v) is 10.4. The number of aryl methyl sites for hydroxylation is 1. The Balaban J connectivity index is 1.70. The van der Waals surface area contributed by atoms with Gasteiger partial charge in [0.05, 0.1) is 24.6 Å². The van der Waals surface area contributed by atoms with E-state index >= 15 is 0 Å². The van der Waals surface area contributed by atoms with Crippen molar-refractivity contribution in [2.45, 2.75) is 26.1 Å². The highest BCUT2D eigenvalue weighted by Gasteiger charge is 2.29. The molecule has 1 unspecified atom stereocenters. The third-order valence-corrected chi connectivity index (χ3v) is 5.24. The van der Waals surface area contributed by atoms with Crippen LogP contribution in [-0.2, 0) is 18.4 Å². The first kappa shape index (κ1) is 25.0. The highest BCUT2D eigenvalue weighted by atomic mass is 19.4. The molecule has 3 N–H and O–H groups in total. The minimum Gasteiger partial charge on any atom is -0.496 e. The zero-order valence-corrected chi connectivity index (χ0v) is 19.0. The molecule has 182 valence electrons. The van der Waals surface area contributed by atoms with Gasteiger partial charge in [0.25, 0.3) is 0 Å². The zero-order chi connectivity index (χ0) is 24.9. The van der Waals surface area contributed by atoms with Gasteiger partial charge in [-0.05, 0) is 47.6 Å². The summed E-state index contributed by atoms with van der Waals surface area (Å²) >= 11 is 0. The molecule has 0 saturated carbocycles. The molecule has 0 radical (unpaired) electrons. The lowest BCUT2D eigenvalue weighted by molar-refractivity contribution is -0.614. The molecule has 12 heteroatoms. The fourth-order valence-electron chi connectivity index (χ4n) is 3.43. The summed E-state index contributed by atoms with van der Waals surface area (Å²) in [4.78, 5) is 12.3. The summed E-state index contributed by atoms with van der Waals surface area (Å²) in [7, 11) is 3.02. The van der Waals surface area contributed by atoms with Crippen LogP contribution in [0.25, 0.3) is 5.69 Å². The van der Waals surface area contributed by atoms with E-state index in [9.17, 15) is 18.0 Å². The van der Waals surface area contributed by atoms with Crippen LogP contribution < -0.4 is 15.7 Å². The number of aromatic nitrogens is 4. The van der Waals surface area contributed by atoms with Crippen molar-refractivity contribution >= 4 is 5.71 Å². The topological polar surface area (TPSA) is 112 Å². The van der Waals surface area contributed by atoms with Crippen molar-refractivity contribution in [2.24, 2.45) is 13.0 Å². The van der Waals surface area contributed by atoms with Gasteiger partial charge >= 0.3 is 11.9 Å². The maximum absolute atomic E-state index is 12.3. The number of benzene rings is 1. The van der Waals surface area contributed by atoms with E-state index in [-0.39, 0.29) is 18.2 Å². The van der Waals surface area contributed by atoms with Crippen molar-refractivity contribution in [3.05, 3.63) is 70.0 Å². The standard InChI is InChI=1S/C22H25F3N6O3/c1-14-11-15(17(26)9-10-27-13-22(23,24)25)7-8-19(14)34-12-16-18(5-4-6-20(16)33-3)31-21(32)30(2)28-29-31/h4-10,15,26-27H,11-13H2,1-3H3/p+1. The molecule has 1 aromatic carbocycles. The molecule has 0 aliphatic heterocycles. The zero-order valence-electron chi connectivity index (χ0n) is 19.0. The Bertz CT molecular complexity index is 1190. The molecule has 34 heavy (non-hydrogen) atoms. The van der Waals surface area contributed by atoms with Crippen LogP contribution in [0.4, 0.5) is 13.2 Å². The highest BCUT2D eigenvalue weighted by molar-refractivity contribution is 5.95. The van der Waals surface area contributed by atoms with Crippen LogP contribution in [0.5, 0.6) is 5.75 Å². The number of allylic oxidation sites excluding steroid dienone is 4. The van der Waals surface area contributed by atoms with Crippen molar-refractivity contribution in [2.75, 3.05) is 13.7 Å². The summed E-state index contributed by atoms with van der Waals surface area (Å²) in [5, 5.41) is 16.8. The number of tetrazole rings is 1. The number of rotatable bonds is 9. The lowest BCUT2D eigenvalue weighted by Crippen LogP contribution is -2.81. The number of ether oxygens (including phenoxy) is 2. The molecule has 1 aliphatic rings. The van der Waals surface area contributed by atoms with Gasteiger partial charge in [-0.3, -0.25) is 0 Å². The normalized spacial score (nSPS) is 16.4. The number of hydrogen-bond acceptors (Lipinski definition) is 6. The Hall–Kier alpha value is -3.67. The molecule has 1 aromatic heterocycles. The van der Waals surface area contributed by atoms with E-state index < -0.39 is 18.4 Å². The van der Waals surface area contributed by atoms with E-state index in [1.165, 1.54) is 31.1 Å². The second kappa shape index (κ2) is 10.5. The first-order chi connectivity index (χ1) is 16.1. The minimum absolute atomic E-state index is 0.0911. The molecule has 1 aliphatic carbocycles. The van der Waals surface area contributed by atoms with Crippen LogP contribution in [-0.4, -0.2) is 45.3 Å². The van der Waals surface area contributed by atoms with Crippen LogP contribution in [0.15, 0.2) is 58.8 Å². The van der Waals surface area contributed by atoms with Gasteiger partial charge in [-0.1, -0.05) is 12.1 Å². The number of quaternary nitrogens is 1. The number of halogens is 3. The maximum Gasteiger partial charge on any atom is 0.438 e. The van der Waals surface area contributed by atoms with Gasteiger partial charge in [-0.25, -0.2) is 4.79 Å². The number of alkyl halides is 3. The van der Waals surface area contributed by atoms with Crippen molar-refractivity contribution in [3.63, 3.8) is 0 Å². The van der Waals surface area contributed by atoms with Crippen LogP contribution in [0.1, 0.15) is 18.9 Å². The Kier molecular flexibility index (Phi) is 7.72. The predicted molar refractivity (Wildman–Crippen MR) is 118 cm³/mol. The first-order valence-electron chi connectivity index (χ1n) is 10.4. The quantitative estimate of drug-likeness (QED) is 0.535. The van der Waals surface area contributed by atoms with E-state index in [0.717, 1.165) is 15.6 Å². The molecule has 3 rings (SSSR count). The molecule has 0 spiro atoms. The number of nitrogens with zero attached hydrogens (tertiary/aromatic N) is 4. The minimum atomic E-state index is -4.26. The third kappa shape index (κ3) is 6.01. The second-order valence-corrected chi connectivity index (χ2v) is 7.73. The molecule has 1 atom stereocenters. The lowest BCUT2D eigenvalue weighted by Gasteiger charge is -2.21. The summed E-state index contributed by atoms with van der Waals surface area (Å²) in [6.07, 6.45) is 2.40. The number of nitrogens with one attached hydrogen (secondary N) is 1. The van der Waals surface area contributed by atoms with Crippen molar-refractivity contribution < 1.29 is 28.0 Å². The summed E-state index contributed by atoms with van der Waals surface area (Å²) in [6.45, 7) is 0.933. The van der Waals surface area contributed by atoms with E-state index in [1.54, 1.807) is 30.4 Å². The van der Waals surface area contributed by atoms with Gasteiger partial charge in [0.15, 0.2) is 6.54 Å². The molecule has 0 amide bonds. The summed E-state index contributed by atoms with van der Waals surface area (Å²) in [6, 6.07) is 5.20. The van der Waals surface area contributed by atoms with Crippen LogP contribution >= 0.6 is 0 Å². The lowest BCUT2D eigenvalue weighted by atomic mass is 9.90.